The van der Waals surface area contributed by atoms with Crippen LogP contribution in [0.5, 0.6) is 0 Å². The van der Waals surface area contributed by atoms with E-state index in [4.69, 9.17) is 4.42 Å². The molecule has 1 aromatic carbocycles. The number of aromatic nitrogens is 1. The number of anilines is 1. The van der Waals surface area contributed by atoms with Gasteiger partial charge in [0.15, 0.2) is 0 Å². The van der Waals surface area contributed by atoms with E-state index in [-0.39, 0.29) is 5.91 Å². The maximum Gasteiger partial charge on any atom is 0.255 e. The van der Waals surface area contributed by atoms with Crippen LogP contribution in [0.15, 0.2) is 65.7 Å². The van der Waals surface area contributed by atoms with Crippen LogP contribution in [0.2, 0.25) is 0 Å². The van der Waals surface area contributed by atoms with E-state index in [2.05, 4.69) is 27.3 Å². The van der Waals surface area contributed by atoms with Gasteiger partial charge in [0.05, 0.1) is 12.5 Å². The lowest BCUT2D eigenvalue weighted by Crippen LogP contribution is -2.30. The first-order valence-electron chi connectivity index (χ1n) is 8.34. The molecule has 0 unspecified atom stereocenters. The highest BCUT2D eigenvalue weighted by Gasteiger charge is 2.17. The van der Waals surface area contributed by atoms with Crippen molar-refractivity contribution in [2.45, 2.75) is 19.5 Å². The molecule has 25 heavy (non-hydrogen) atoms. The van der Waals surface area contributed by atoms with Crippen molar-refractivity contribution in [1.29, 1.82) is 0 Å². The number of hydrogen-bond acceptors (Lipinski definition) is 4. The van der Waals surface area contributed by atoms with Gasteiger partial charge in [0.25, 0.3) is 5.91 Å². The van der Waals surface area contributed by atoms with Crippen LogP contribution >= 0.6 is 0 Å². The number of nitrogens with one attached hydrogen (secondary N) is 1. The largest absolute Gasteiger partial charge is 0.472 e. The second kappa shape index (κ2) is 6.91. The average Bonchev–Trinajstić information content (AvgIpc) is 3.15. The molecular weight excluding hydrogens is 314 g/mol. The van der Waals surface area contributed by atoms with Gasteiger partial charge in [-0.2, -0.15) is 0 Å². The first-order chi connectivity index (χ1) is 12.3. The van der Waals surface area contributed by atoms with Gasteiger partial charge in [-0.3, -0.25) is 14.7 Å². The molecular formula is C20H19N3O2. The van der Waals surface area contributed by atoms with E-state index in [1.165, 1.54) is 16.7 Å². The quantitative estimate of drug-likeness (QED) is 0.794. The van der Waals surface area contributed by atoms with Crippen molar-refractivity contribution in [3.8, 4) is 0 Å². The van der Waals surface area contributed by atoms with E-state index in [1.54, 1.807) is 37.1 Å². The van der Waals surface area contributed by atoms with Crippen LogP contribution in [-0.2, 0) is 19.5 Å². The van der Waals surface area contributed by atoms with Crippen LogP contribution in [0.3, 0.4) is 0 Å². The topological polar surface area (TPSA) is 58.4 Å². The average molecular weight is 333 g/mol. The molecule has 1 aliphatic heterocycles. The number of carbonyl (C=O) groups is 1. The van der Waals surface area contributed by atoms with E-state index < -0.39 is 0 Å². The van der Waals surface area contributed by atoms with Gasteiger partial charge in [0.2, 0.25) is 0 Å². The number of nitrogens with zero attached hydrogens (tertiary/aromatic N) is 2. The SMILES string of the molecule is O=C(Nc1ccc2c(c1)CN(Cc1ccoc1)CC2)c1ccncc1. The van der Waals surface area contributed by atoms with Crippen LogP contribution in [0.1, 0.15) is 27.0 Å². The Morgan fingerprint density at radius 2 is 2.04 bits per heavy atom. The van der Waals surface area contributed by atoms with Crippen LogP contribution < -0.4 is 5.32 Å². The Morgan fingerprint density at radius 3 is 2.84 bits per heavy atom. The van der Waals surface area contributed by atoms with Crippen LogP contribution in [0.4, 0.5) is 5.69 Å². The predicted molar refractivity (Wildman–Crippen MR) is 95.2 cm³/mol. The zero-order valence-electron chi connectivity index (χ0n) is 13.8. The third-order valence-corrected chi connectivity index (χ3v) is 4.48. The molecule has 1 aliphatic rings. The molecule has 0 fully saturated rings. The highest BCUT2D eigenvalue weighted by atomic mass is 16.3. The molecule has 5 heteroatoms. The lowest BCUT2D eigenvalue weighted by Gasteiger charge is -2.28. The van der Waals surface area contributed by atoms with Gasteiger partial charge >= 0.3 is 0 Å². The fourth-order valence-corrected chi connectivity index (χ4v) is 3.18. The Kier molecular flexibility index (Phi) is 4.31. The van der Waals surface area contributed by atoms with E-state index in [0.29, 0.717) is 5.56 Å². The van der Waals surface area contributed by atoms with Gasteiger partial charge in [-0.1, -0.05) is 6.07 Å². The molecule has 0 bridgehead atoms. The third kappa shape index (κ3) is 3.61. The van der Waals surface area contributed by atoms with Gasteiger partial charge in [0.1, 0.15) is 0 Å². The minimum atomic E-state index is -0.117. The van der Waals surface area contributed by atoms with Crippen molar-refractivity contribution in [3.63, 3.8) is 0 Å². The van der Waals surface area contributed by atoms with Gasteiger partial charge in [0, 0.05) is 48.8 Å². The van der Waals surface area contributed by atoms with Gasteiger partial charge < -0.3 is 9.73 Å². The van der Waals surface area contributed by atoms with E-state index >= 15 is 0 Å². The molecule has 0 saturated heterocycles. The second-order valence-electron chi connectivity index (χ2n) is 6.27. The van der Waals surface area contributed by atoms with Crippen molar-refractivity contribution < 1.29 is 9.21 Å². The van der Waals surface area contributed by atoms with Crippen LogP contribution in [0.25, 0.3) is 0 Å². The zero-order valence-corrected chi connectivity index (χ0v) is 13.8. The van der Waals surface area contributed by atoms with Crippen molar-refractivity contribution in [1.82, 2.24) is 9.88 Å². The standard InChI is InChI=1S/C20H19N3O2/c24-20(17-3-7-21-8-4-17)22-19-2-1-16-5-9-23(13-18(16)11-19)12-15-6-10-25-14-15/h1-4,6-8,10-11,14H,5,9,12-13H2,(H,22,24). The summed E-state index contributed by atoms with van der Waals surface area (Å²) in [5, 5.41) is 2.97. The molecule has 126 valence electrons. The summed E-state index contributed by atoms with van der Waals surface area (Å²) in [4.78, 5) is 18.6. The van der Waals surface area contributed by atoms with Crippen LogP contribution in [0, 0.1) is 0 Å². The van der Waals surface area contributed by atoms with Gasteiger partial charge in [-0.15, -0.1) is 0 Å². The predicted octanol–water partition coefficient (Wildman–Crippen LogP) is 3.49. The first kappa shape index (κ1) is 15.6. The molecule has 2 aromatic heterocycles. The van der Waals surface area contributed by atoms with E-state index in [1.807, 2.05) is 12.1 Å². The lowest BCUT2D eigenvalue weighted by molar-refractivity contribution is 0.102. The normalized spacial score (nSPS) is 14.1. The summed E-state index contributed by atoms with van der Waals surface area (Å²) in [5.74, 6) is -0.117. The highest BCUT2D eigenvalue weighted by Crippen LogP contribution is 2.24. The Labute approximate surface area is 146 Å². The minimum Gasteiger partial charge on any atom is -0.472 e. The number of rotatable bonds is 4. The summed E-state index contributed by atoms with van der Waals surface area (Å²) in [6.07, 6.45) is 7.76. The molecule has 3 aromatic rings. The van der Waals surface area contributed by atoms with Crippen molar-refractivity contribution in [3.05, 3.63) is 83.6 Å². The maximum absolute atomic E-state index is 12.3. The highest BCUT2D eigenvalue weighted by molar-refractivity contribution is 6.04. The third-order valence-electron chi connectivity index (χ3n) is 4.48. The monoisotopic (exact) mass is 333 g/mol. The summed E-state index contributed by atoms with van der Waals surface area (Å²) in [5.41, 5.74) is 5.23. The van der Waals surface area contributed by atoms with Crippen molar-refractivity contribution in [2.75, 3.05) is 11.9 Å². The van der Waals surface area contributed by atoms with E-state index in [0.717, 1.165) is 31.7 Å². The molecule has 1 N–H and O–H groups in total. The molecule has 3 heterocycles. The summed E-state index contributed by atoms with van der Waals surface area (Å²) >= 11 is 0. The number of hydrogen-bond donors (Lipinski definition) is 1. The summed E-state index contributed by atoms with van der Waals surface area (Å²) in [6.45, 7) is 2.78. The molecule has 0 atom stereocenters. The molecule has 0 spiro atoms. The Hall–Kier alpha value is -2.92. The summed E-state index contributed by atoms with van der Waals surface area (Å²) in [6, 6.07) is 11.6. The fraction of sp³-hybridized carbons (Fsp3) is 0.200. The molecule has 4 rings (SSSR count). The molecule has 0 aliphatic carbocycles. The molecule has 1 amide bonds. The molecule has 0 saturated carbocycles. The number of carbonyl (C=O) groups excluding carboxylic acids is 1. The lowest BCUT2D eigenvalue weighted by atomic mass is 9.98. The smallest absolute Gasteiger partial charge is 0.255 e. The van der Waals surface area contributed by atoms with Gasteiger partial charge in [-0.25, -0.2) is 0 Å². The number of benzene rings is 1. The number of amides is 1. The van der Waals surface area contributed by atoms with E-state index in [9.17, 15) is 4.79 Å². The maximum atomic E-state index is 12.3. The number of pyridine rings is 1. The second-order valence-corrected chi connectivity index (χ2v) is 6.27. The summed E-state index contributed by atoms with van der Waals surface area (Å²) in [7, 11) is 0. The molecule has 0 radical (unpaired) electrons. The Bertz CT molecular complexity index is 860. The van der Waals surface area contributed by atoms with Crippen molar-refractivity contribution in [2.24, 2.45) is 0 Å². The summed E-state index contributed by atoms with van der Waals surface area (Å²) < 4.78 is 5.15. The zero-order chi connectivity index (χ0) is 17.1. The fourth-order valence-electron chi connectivity index (χ4n) is 3.18. The first-order valence-corrected chi connectivity index (χ1v) is 8.34. The number of furan rings is 1. The Balaban J connectivity index is 1.47. The van der Waals surface area contributed by atoms with Crippen LogP contribution in [-0.4, -0.2) is 22.3 Å². The van der Waals surface area contributed by atoms with Crippen molar-refractivity contribution >= 4 is 11.6 Å². The minimum absolute atomic E-state index is 0.117. The Morgan fingerprint density at radius 1 is 1.16 bits per heavy atom. The van der Waals surface area contributed by atoms with Gasteiger partial charge in [-0.05, 0) is 47.9 Å². The number of fused-ring (bicyclic) bond motifs is 1. The molecule has 5 nitrogen and oxygen atoms in total.